The molecule has 0 rings (SSSR count). The number of rotatable bonds is 0. The largest absolute Gasteiger partial charge is 3.00 e. The van der Waals surface area contributed by atoms with E-state index < -0.39 is 14.6 Å². The molecule has 0 unspecified atom stereocenters. The molecule has 0 amide bonds. The molecule has 0 aromatic carbocycles. The van der Waals surface area contributed by atoms with Crippen molar-refractivity contribution in [3.8, 4) is 0 Å². The number of hydrogen-bond acceptors (Lipinski definition) is 6. The van der Waals surface area contributed by atoms with E-state index >= 15 is 0 Å². The van der Waals surface area contributed by atoms with E-state index in [4.69, 9.17) is 30.1 Å². The van der Waals surface area contributed by atoms with Gasteiger partial charge in [-0.3, -0.25) is 14.6 Å². The standard InChI is InChI=1S/2BO3.Ba.Rb.Sc/c2*2-1(3)4;;;/q2*-3;+2;+1;+3. The van der Waals surface area contributed by atoms with Gasteiger partial charge in [-0.2, -0.15) is 0 Å². The van der Waals surface area contributed by atoms with Gasteiger partial charge in [0.1, 0.15) is 0 Å². The number of hydrogen-bond donors (Lipinski definition) is 0. The molecule has 0 aliphatic rings. The summed E-state index contributed by atoms with van der Waals surface area (Å²) in [5, 5.41) is 50.5. The molecule has 0 saturated heterocycles. The van der Waals surface area contributed by atoms with Crippen LogP contribution in [0.3, 0.4) is 0 Å². The van der Waals surface area contributed by atoms with E-state index in [1.807, 2.05) is 0 Å². The summed E-state index contributed by atoms with van der Waals surface area (Å²) in [6, 6.07) is 0. The van der Waals surface area contributed by atoms with Gasteiger partial charge < -0.3 is 30.1 Å². The second-order valence-corrected chi connectivity index (χ2v) is 0.577. The smallest absolute Gasteiger partial charge is 0.907 e. The first-order chi connectivity index (χ1) is 3.46. The maximum absolute atomic E-state index is 8.42. The molecule has 0 radical (unpaired) electrons. The van der Waals surface area contributed by atoms with Crippen LogP contribution in [0.4, 0.5) is 0 Å². The summed E-state index contributed by atoms with van der Waals surface area (Å²) >= 11 is 0. The molecule has 0 N–H and O–H groups in total. The Kier molecular flexibility index (Phi) is 63.5. The van der Waals surface area contributed by atoms with Crippen molar-refractivity contribution in [3.63, 3.8) is 0 Å². The molecule has 0 aliphatic heterocycles. The van der Waals surface area contributed by atoms with Crippen LogP contribution in [0.1, 0.15) is 0 Å². The van der Waals surface area contributed by atoms with Crippen LogP contribution >= 0.6 is 0 Å². The van der Waals surface area contributed by atoms with Crippen molar-refractivity contribution in [1.82, 2.24) is 0 Å². The molecule has 0 fully saturated rings. The molecule has 0 aromatic heterocycles. The summed E-state index contributed by atoms with van der Waals surface area (Å²) < 4.78 is 0. The maximum atomic E-state index is 8.42. The minimum absolute atomic E-state index is 0. The van der Waals surface area contributed by atoms with Crippen LogP contribution in [0.2, 0.25) is 0 Å². The van der Waals surface area contributed by atoms with Gasteiger partial charge in [-0.1, -0.05) is 0 Å². The Bertz CT molecular complexity index is 36.1. The average molecular weight is 385 g/mol. The quantitative estimate of drug-likeness (QED) is 0.380. The molecule has 0 atom stereocenters. The molecule has 0 heterocycles. The summed E-state index contributed by atoms with van der Waals surface area (Å²) in [5.74, 6) is 0. The van der Waals surface area contributed by atoms with Gasteiger partial charge >= 0.3 is 133 Å². The Morgan fingerprint density at radius 1 is 0.636 bits per heavy atom. The molecule has 11 heavy (non-hydrogen) atoms. The minimum Gasteiger partial charge on any atom is -0.907 e. The van der Waals surface area contributed by atoms with E-state index in [-0.39, 0.29) is 133 Å². The molecule has 48 valence electrons. The van der Waals surface area contributed by atoms with Crippen molar-refractivity contribution in [2.75, 3.05) is 0 Å². The molecule has 6 nitrogen and oxygen atoms in total. The van der Waals surface area contributed by atoms with E-state index in [0.717, 1.165) is 0 Å². The zero-order chi connectivity index (χ0) is 7.15. The van der Waals surface area contributed by atoms with Crippen LogP contribution in [0.15, 0.2) is 0 Å². The Hall–Kier alpha value is 4.14. The molecule has 0 aromatic rings. The molecule has 0 bridgehead atoms. The molecular weight excluding hydrogens is 385 g/mol. The van der Waals surface area contributed by atoms with Gasteiger partial charge in [-0.15, -0.1) is 0 Å². The van der Waals surface area contributed by atoms with E-state index in [9.17, 15) is 0 Å². The summed E-state index contributed by atoms with van der Waals surface area (Å²) in [4.78, 5) is 0. The predicted molar refractivity (Wildman–Crippen MR) is 17.3 cm³/mol. The van der Waals surface area contributed by atoms with Crippen molar-refractivity contribution in [1.29, 1.82) is 0 Å². The van der Waals surface area contributed by atoms with Crippen molar-refractivity contribution >= 4 is 63.5 Å². The van der Waals surface area contributed by atoms with Gasteiger partial charge in [0.25, 0.3) is 0 Å². The van der Waals surface area contributed by atoms with E-state index in [2.05, 4.69) is 0 Å². The van der Waals surface area contributed by atoms with Crippen LogP contribution in [0.25, 0.3) is 0 Å². The zero-order valence-electron chi connectivity index (χ0n) is 5.89. The SMILES string of the molecule is [Ba+2].[O-]B([O-])[O-].[O-]B([O-])[O-].[Rb+].[Sc+3]. The molecule has 0 spiro atoms. The van der Waals surface area contributed by atoms with Crippen LogP contribution in [-0.4, -0.2) is 63.5 Å². The second kappa shape index (κ2) is 23.7. The third kappa shape index (κ3) is 122. The predicted octanol–water partition coefficient (Wildman–Crippen LogP) is -11.3. The fraction of sp³-hybridized carbons (Fsp3) is 0. The van der Waals surface area contributed by atoms with E-state index in [0.29, 0.717) is 0 Å². The van der Waals surface area contributed by atoms with Crippen LogP contribution in [0, 0.1) is 0 Å². The maximum Gasteiger partial charge on any atom is 3.00 e. The van der Waals surface area contributed by atoms with E-state index in [1.165, 1.54) is 0 Å². The fourth-order valence-corrected chi connectivity index (χ4v) is 0. The third-order valence-electron chi connectivity index (χ3n) is 0. The van der Waals surface area contributed by atoms with Gasteiger partial charge in [-0.05, 0) is 0 Å². The molecular formula is B2BaO6RbSc. The zero-order valence-corrected chi connectivity index (χ0v) is 17.0. The summed E-state index contributed by atoms with van der Waals surface area (Å²) in [6.07, 6.45) is 0. The van der Waals surface area contributed by atoms with Gasteiger partial charge in [0.2, 0.25) is 0 Å². The van der Waals surface area contributed by atoms with Crippen molar-refractivity contribution < 1.29 is 114 Å². The minimum atomic E-state index is -2.92. The van der Waals surface area contributed by atoms with Gasteiger partial charge in [-0.25, -0.2) is 0 Å². The van der Waals surface area contributed by atoms with Crippen molar-refractivity contribution in [3.05, 3.63) is 0 Å². The molecule has 0 aliphatic carbocycles. The van der Waals surface area contributed by atoms with E-state index in [1.54, 1.807) is 0 Å². The van der Waals surface area contributed by atoms with Crippen LogP contribution < -0.4 is 88.3 Å². The third-order valence-corrected chi connectivity index (χ3v) is 0. The van der Waals surface area contributed by atoms with Gasteiger partial charge in [0.05, 0.1) is 0 Å². The Morgan fingerprint density at radius 3 is 0.636 bits per heavy atom. The Balaban J connectivity index is -0.0000000171. The topological polar surface area (TPSA) is 138 Å². The monoisotopic (exact) mass is 386 g/mol. The second-order valence-electron chi connectivity index (χ2n) is 0.577. The molecule has 11 heteroatoms. The van der Waals surface area contributed by atoms with Crippen molar-refractivity contribution in [2.24, 2.45) is 0 Å². The fourth-order valence-electron chi connectivity index (χ4n) is 0. The summed E-state index contributed by atoms with van der Waals surface area (Å²) in [6.45, 7) is 0. The van der Waals surface area contributed by atoms with Crippen molar-refractivity contribution in [2.45, 2.75) is 0 Å². The summed E-state index contributed by atoms with van der Waals surface area (Å²) in [7, 11) is -5.83. The van der Waals surface area contributed by atoms with Gasteiger partial charge in [0, 0.05) is 0 Å². The summed E-state index contributed by atoms with van der Waals surface area (Å²) in [5.41, 5.74) is 0. The Morgan fingerprint density at radius 2 is 0.636 bits per heavy atom. The molecule has 0 saturated carbocycles. The first-order valence-corrected chi connectivity index (χ1v) is 1.41. The van der Waals surface area contributed by atoms with Gasteiger partial charge in [0.15, 0.2) is 0 Å². The van der Waals surface area contributed by atoms with Crippen LogP contribution in [-0.2, 0) is 25.8 Å². The first-order valence-electron chi connectivity index (χ1n) is 1.41. The average Bonchev–Trinajstić information content (AvgIpc) is 1.25. The first kappa shape index (κ1) is 29.4. The Labute approximate surface area is 173 Å². The normalized spacial score (nSPS) is 4.91. The van der Waals surface area contributed by atoms with Crippen LogP contribution in [0.5, 0.6) is 0 Å².